The average molecular weight is 483 g/mol. The number of nitrogens with zero attached hydrogens (tertiary/aromatic N) is 4. The molecule has 1 aliphatic rings. The minimum Gasteiger partial charge on any atom is -0.497 e. The molecular formula is C29H30N4O3. The number of para-hydroxylation sites is 1. The van der Waals surface area contributed by atoms with Crippen molar-refractivity contribution in [2.45, 2.75) is 24.7 Å². The first kappa shape index (κ1) is 25.1. The van der Waals surface area contributed by atoms with Crippen LogP contribution >= 0.6 is 0 Å². The van der Waals surface area contributed by atoms with Crippen LogP contribution in [0.25, 0.3) is 0 Å². The Labute approximate surface area is 212 Å². The molecule has 0 radical (unpaired) electrons. The number of hydrogen-bond acceptors (Lipinski definition) is 7. The van der Waals surface area contributed by atoms with Gasteiger partial charge in [-0.05, 0) is 47.9 Å². The van der Waals surface area contributed by atoms with E-state index in [0.717, 1.165) is 40.4 Å². The molecule has 0 unspecified atom stereocenters. The van der Waals surface area contributed by atoms with Gasteiger partial charge in [0.1, 0.15) is 29.3 Å². The summed E-state index contributed by atoms with van der Waals surface area (Å²) in [7, 11) is 4.89. The Morgan fingerprint density at radius 2 is 1.17 bits per heavy atom. The molecule has 1 aliphatic heterocycles. The Hall–Kier alpha value is -4.04. The van der Waals surface area contributed by atoms with Gasteiger partial charge in [-0.2, -0.15) is 10.5 Å². The minimum atomic E-state index is -0.524. The van der Waals surface area contributed by atoms with E-state index in [-0.39, 0.29) is 6.17 Å². The molecular weight excluding hydrogens is 452 g/mol. The predicted molar refractivity (Wildman–Crippen MR) is 136 cm³/mol. The van der Waals surface area contributed by atoms with Gasteiger partial charge in [0.2, 0.25) is 0 Å². The van der Waals surface area contributed by atoms with Crippen molar-refractivity contribution in [3.8, 4) is 29.4 Å². The van der Waals surface area contributed by atoms with Gasteiger partial charge in [-0.3, -0.25) is 9.80 Å². The quantitative estimate of drug-likeness (QED) is 0.434. The largest absolute Gasteiger partial charge is 0.497 e. The van der Waals surface area contributed by atoms with Gasteiger partial charge in [0.25, 0.3) is 0 Å². The second-order valence-electron chi connectivity index (χ2n) is 8.55. The number of ether oxygens (including phenoxy) is 3. The van der Waals surface area contributed by atoms with Crippen LogP contribution in [0.4, 0.5) is 0 Å². The maximum Gasteiger partial charge on any atom is 0.125 e. The summed E-state index contributed by atoms with van der Waals surface area (Å²) < 4.78 is 16.4. The second kappa shape index (κ2) is 11.6. The van der Waals surface area contributed by atoms with Crippen molar-refractivity contribution in [2.24, 2.45) is 0 Å². The molecule has 0 aromatic heterocycles. The molecule has 3 aromatic rings. The molecule has 0 aliphatic carbocycles. The first-order chi connectivity index (χ1) is 17.6. The van der Waals surface area contributed by atoms with E-state index in [1.54, 1.807) is 21.3 Å². The molecule has 0 bridgehead atoms. The average Bonchev–Trinajstić information content (AvgIpc) is 2.94. The van der Waals surface area contributed by atoms with Crippen molar-refractivity contribution in [2.75, 3.05) is 34.4 Å². The zero-order chi connectivity index (χ0) is 25.5. The topological polar surface area (TPSA) is 81.8 Å². The first-order valence-electron chi connectivity index (χ1n) is 11.9. The number of benzene rings is 3. The lowest BCUT2D eigenvalue weighted by Crippen LogP contribution is -2.50. The molecule has 0 saturated carbocycles. The summed E-state index contributed by atoms with van der Waals surface area (Å²) in [5.74, 6) is 2.19. The standard InChI is InChI=1S/C29H30N4O3/c1-34-23-13-9-21(10-14-23)26(19-30)32-17-6-18-33(29(32)25-7-4-5-8-28(25)36-3)27(20-31)22-11-15-24(35-2)16-12-22/h4-5,7-16,26-27,29H,6,17-18H2,1-3H3/t26-,27-/m0/s1. The van der Waals surface area contributed by atoms with Crippen LogP contribution in [-0.4, -0.2) is 44.2 Å². The van der Waals surface area contributed by atoms with Crippen LogP contribution in [0.5, 0.6) is 17.2 Å². The van der Waals surface area contributed by atoms with Gasteiger partial charge in [0, 0.05) is 18.7 Å². The summed E-state index contributed by atoms with van der Waals surface area (Å²) in [4.78, 5) is 4.33. The Bertz CT molecular complexity index is 1160. The van der Waals surface area contributed by atoms with Crippen molar-refractivity contribution in [1.82, 2.24) is 9.80 Å². The van der Waals surface area contributed by atoms with Crippen LogP contribution in [0.3, 0.4) is 0 Å². The SMILES string of the molecule is COc1ccc([C@H](C#N)N2CCCN([C@@H](C#N)c3ccc(OC)cc3)C2c2ccccc2OC)cc1. The molecule has 1 saturated heterocycles. The van der Waals surface area contributed by atoms with Gasteiger partial charge in [-0.1, -0.05) is 42.5 Å². The molecule has 4 rings (SSSR count). The molecule has 7 heteroatoms. The third kappa shape index (κ3) is 4.99. The summed E-state index contributed by atoms with van der Waals surface area (Å²) in [6.07, 6.45) is 0.460. The maximum atomic E-state index is 10.4. The molecule has 3 aromatic carbocycles. The third-order valence-electron chi connectivity index (χ3n) is 6.65. The van der Waals surface area contributed by atoms with Crippen molar-refractivity contribution in [3.05, 3.63) is 89.5 Å². The summed E-state index contributed by atoms with van der Waals surface area (Å²) >= 11 is 0. The highest BCUT2D eigenvalue weighted by atomic mass is 16.5. The highest BCUT2D eigenvalue weighted by Gasteiger charge is 2.40. The van der Waals surface area contributed by atoms with Crippen molar-refractivity contribution in [1.29, 1.82) is 10.5 Å². The fourth-order valence-corrected chi connectivity index (χ4v) is 4.90. The van der Waals surface area contributed by atoms with Crippen molar-refractivity contribution >= 4 is 0 Å². The number of nitriles is 2. The van der Waals surface area contributed by atoms with E-state index in [0.29, 0.717) is 13.1 Å². The Balaban J connectivity index is 1.81. The molecule has 0 spiro atoms. The fraction of sp³-hybridized carbons (Fsp3) is 0.310. The van der Waals surface area contributed by atoms with Crippen LogP contribution in [0, 0.1) is 22.7 Å². The zero-order valence-corrected chi connectivity index (χ0v) is 20.8. The van der Waals surface area contributed by atoms with Crippen LogP contribution in [-0.2, 0) is 0 Å². The molecule has 7 nitrogen and oxygen atoms in total. The van der Waals surface area contributed by atoms with E-state index < -0.39 is 12.1 Å². The van der Waals surface area contributed by atoms with Gasteiger partial charge < -0.3 is 14.2 Å². The lowest BCUT2D eigenvalue weighted by Gasteiger charge is -2.47. The summed E-state index contributed by atoms with van der Waals surface area (Å²) in [6, 6.07) is 27.0. The minimum absolute atomic E-state index is 0.353. The molecule has 184 valence electrons. The summed E-state index contributed by atoms with van der Waals surface area (Å²) in [5.41, 5.74) is 2.67. The normalized spacial score (nSPS) is 16.4. The van der Waals surface area contributed by atoms with E-state index in [9.17, 15) is 10.5 Å². The van der Waals surface area contributed by atoms with E-state index >= 15 is 0 Å². The predicted octanol–water partition coefficient (Wildman–Crippen LogP) is 5.25. The van der Waals surface area contributed by atoms with E-state index in [2.05, 4.69) is 21.9 Å². The second-order valence-corrected chi connectivity index (χ2v) is 8.55. The summed E-state index contributed by atoms with van der Waals surface area (Å²) in [5, 5.41) is 20.7. The molecule has 0 amide bonds. The Morgan fingerprint density at radius 3 is 1.58 bits per heavy atom. The van der Waals surface area contributed by atoms with Gasteiger partial charge in [0.05, 0.1) is 39.6 Å². The Morgan fingerprint density at radius 1 is 0.694 bits per heavy atom. The fourth-order valence-electron chi connectivity index (χ4n) is 4.90. The Kier molecular flexibility index (Phi) is 8.07. The van der Waals surface area contributed by atoms with Gasteiger partial charge in [0.15, 0.2) is 0 Å². The smallest absolute Gasteiger partial charge is 0.125 e. The van der Waals surface area contributed by atoms with E-state index in [1.807, 2.05) is 72.8 Å². The molecule has 2 atom stereocenters. The molecule has 0 N–H and O–H groups in total. The monoisotopic (exact) mass is 482 g/mol. The van der Waals surface area contributed by atoms with Gasteiger partial charge in [-0.25, -0.2) is 0 Å². The van der Waals surface area contributed by atoms with Crippen molar-refractivity contribution < 1.29 is 14.2 Å². The lowest BCUT2D eigenvalue weighted by atomic mass is 9.96. The number of methoxy groups -OCH3 is 3. The van der Waals surface area contributed by atoms with Gasteiger partial charge >= 0.3 is 0 Å². The van der Waals surface area contributed by atoms with Crippen LogP contribution < -0.4 is 14.2 Å². The van der Waals surface area contributed by atoms with Crippen molar-refractivity contribution in [3.63, 3.8) is 0 Å². The lowest BCUT2D eigenvalue weighted by molar-refractivity contribution is -0.0298. The summed E-state index contributed by atoms with van der Waals surface area (Å²) in [6.45, 7) is 1.40. The highest BCUT2D eigenvalue weighted by molar-refractivity contribution is 5.39. The van der Waals surface area contributed by atoms with Crippen LogP contribution in [0.15, 0.2) is 72.8 Å². The first-order valence-corrected chi connectivity index (χ1v) is 11.9. The molecule has 1 heterocycles. The third-order valence-corrected chi connectivity index (χ3v) is 6.65. The number of hydrogen-bond donors (Lipinski definition) is 0. The van der Waals surface area contributed by atoms with Gasteiger partial charge in [-0.15, -0.1) is 0 Å². The number of rotatable bonds is 8. The van der Waals surface area contributed by atoms with E-state index in [1.165, 1.54) is 0 Å². The van der Waals surface area contributed by atoms with E-state index in [4.69, 9.17) is 14.2 Å². The maximum absolute atomic E-state index is 10.4. The molecule has 1 fully saturated rings. The van der Waals surface area contributed by atoms with Crippen LogP contribution in [0.1, 0.15) is 41.4 Å². The van der Waals surface area contributed by atoms with Crippen LogP contribution in [0.2, 0.25) is 0 Å². The highest BCUT2D eigenvalue weighted by Crippen LogP contribution is 2.43. The molecule has 36 heavy (non-hydrogen) atoms. The zero-order valence-electron chi connectivity index (χ0n) is 20.8.